The second kappa shape index (κ2) is 4.98. The number of piperidine rings is 1. The summed E-state index contributed by atoms with van der Waals surface area (Å²) in [5.74, 6) is -1.12. The van der Waals surface area contributed by atoms with Crippen LogP contribution in [-0.2, 0) is 0 Å². The fraction of sp³-hybridized carbons (Fsp3) is 1.00. The average molecular weight is 211 g/mol. The maximum absolute atomic E-state index is 12.3. The fourth-order valence-electron chi connectivity index (χ4n) is 1.78. The highest BCUT2D eigenvalue weighted by molar-refractivity contribution is 4.76. The van der Waals surface area contributed by atoms with Gasteiger partial charge in [-0.25, -0.2) is 0 Å². The van der Waals surface area contributed by atoms with Gasteiger partial charge in [-0.2, -0.15) is 13.2 Å². The number of rotatable bonds is 3. The summed E-state index contributed by atoms with van der Waals surface area (Å²) in [6, 6.07) is 0. The minimum absolute atomic E-state index is 0.110. The molecule has 1 rings (SSSR count). The lowest BCUT2D eigenvalue weighted by Crippen LogP contribution is -2.39. The Morgan fingerprint density at radius 1 is 1.21 bits per heavy atom. The van der Waals surface area contributed by atoms with Crippen molar-refractivity contribution in [3.63, 3.8) is 0 Å². The molecular formula is C9H16F3NO. The van der Waals surface area contributed by atoms with Crippen LogP contribution < -0.4 is 0 Å². The van der Waals surface area contributed by atoms with Crippen LogP contribution in [0.2, 0.25) is 0 Å². The van der Waals surface area contributed by atoms with Gasteiger partial charge >= 0.3 is 6.18 Å². The highest BCUT2D eigenvalue weighted by Gasteiger charge is 2.40. The van der Waals surface area contributed by atoms with Crippen molar-refractivity contribution >= 4 is 0 Å². The molecule has 1 aliphatic rings. The van der Waals surface area contributed by atoms with E-state index in [9.17, 15) is 13.2 Å². The quantitative estimate of drug-likeness (QED) is 0.767. The van der Waals surface area contributed by atoms with Gasteiger partial charge in [-0.3, -0.25) is 0 Å². The van der Waals surface area contributed by atoms with Crippen molar-refractivity contribution in [2.24, 2.45) is 5.92 Å². The highest BCUT2D eigenvalue weighted by Crippen LogP contribution is 2.33. The Hall–Kier alpha value is -0.290. The Morgan fingerprint density at radius 2 is 1.79 bits per heavy atom. The van der Waals surface area contributed by atoms with Crippen molar-refractivity contribution in [2.45, 2.75) is 25.4 Å². The van der Waals surface area contributed by atoms with Gasteiger partial charge in [0.25, 0.3) is 0 Å². The van der Waals surface area contributed by atoms with Crippen LogP contribution in [0.5, 0.6) is 0 Å². The second-order valence-electron chi connectivity index (χ2n) is 3.73. The van der Waals surface area contributed by atoms with Crippen LogP contribution in [0.4, 0.5) is 13.2 Å². The van der Waals surface area contributed by atoms with E-state index in [0.29, 0.717) is 26.1 Å². The van der Waals surface area contributed by atoms with E-state index in [1.54, 1.807) is 0 Å². The highest BCUT2D eigenvalue weighted by atomic mass is 19.4. The van der Waals surface area contributed by atoms with Gasteiger partial charge in [0, 0.05) is 13.2 Å². The SMILES string of the molecule is OCCCN1CCC(C(F)(F)F)CC1. The summed E-state index contributed by atoms with van der Waals surface area (Å²) in [6.45, 7) is 1.83. The zero-order chi connectivity index (χ0) is 10.6. The lowest BCUT2D eigenvalue weighted by molar-refractivity contribution is -0.185. The Bertz CT molecular complexity index is 164. The molecule has 0 aromatic carbocycles. The van der Waals surface area contributed by atoms with Gasteiger partial charge in [0.2, 0.25) is 0 Å². The third-order valence-corrected chi connectivity index (χ3v) is 2.68. The number of nitrogens with zero attached hydrogens (tertiary/aromatic N) is 1. The Kier molecular flexibility index (Phi) is 4.19. The molecule has 0 radical (unpaired) electrons. The lowest BCUT2D eigenvalue weighted by Gasteiger charge is -2.32. The van der Waals surface area contributed by atoms with Gasteiger partial charge in [0.15, 0.2) is 0 Å². The van der Waals surface area contributed by atoms with E-state index >= 15 is 0 Å². The summed E-state index contributed by atoms with van der Waals surface area (Å²) in [5.41, 5.74) is 0. The minimum atomic E-state index is -4.02. The Balaban J connectivity index is 2.24. The molecule has 2 nitrogen and oxygen atoms in total. The molecule has 14 heavy (non-hydrogen) atoms. The molecule has 1 saturated heterocycles. The number of likely N-dealkylation sites (tertiary alicyclic amines) is 1. The zero-order valence-electron chi connectivity index (χ0n) is 8.06. The van der Waals surface area contributed by atoms with Crippen molar-refractivity contribution in [1.82, 2.24) is 4.90 Å². The Labute approximate surface area is 81.7 Å². The van der Waals surface area contributed by atoms with E-state index < -0.39 is 12.1 Å². The molecule has 0 aromatic heterocycles. The van der Waals surface area contributed by atoms with Gasteiger partial charge in [0.05, 0.1) is 5.92 Å². The first-order valence-corrected chi connectivity index (χ1v) is 4.94. The summed E-state index contributed by atoms with van der Waals surface area (Å²) < 4.78 is 36.8. The normalized spacial score (nSPS) is 21.4. The summed E-state index contributed by atoms with van der Waals surface area (Å²) in [6.07, 6.45) is -2.97. The lowest BCUT2D eigenvalue weighted by atomic mass is 9.96. The van der Waals surface area contributed by atoms with Crippen molar-refractivity contribution < 1.29 is 18.3 Å². The van der Waals surface area contributed by atoms with Crippen LogP contribution >= 0.6 is 0 Å². The van der Waals surface area contributed by atoms with Crippen LogP contribution in [-0.4, -0.2) is 42.4 Å². The molecule has 0 atom stereocenters. The molecule has 0 aliphatic carbocycles. The third kappa shape index (κ3) is 3.46. The summed E-state index contributed by atoms with van der Waals surface area (Å²) >= 11 is 0. The molecule has 1 N–H and O–H groups in total. The first-order valence-electron chi connectivity index (χ1n) is 4.94. The molecule has 0 amide bonds. The first kappa shape index (κ1) is 11.8. The molecule has 0 spiro atoms. The maximum Gasteiger partial charge on any atom is 0.391 e. The number of hydrogen-bond acceptors (Lipinski definition) is 2. The van der Waals surface area contributed by atoms with Crippen molar-refractivity contribution in [1.29, 1.82) is 0 Å². The molecule has 0 saturated carbocycles. The molecule has 0 bridgehead atoms. The van der Waals surface area contributed by atoms with Crippen LogP contribution in [0.25, 0.3) is 0 Å². The number of aliphatic hydroxyl groups is 1. The first-order chi connectivity index (χ1) is 6.54. The van der Waals surface area contributed by atoms with E-state index in [2.05, 4.69) is 0 Å². The third-order valence-electron chi connectivity index (χ3n) is 2.68. The molecule has 5 heteroatoms. The molecule has 0 aromatic rings. The minimum Gasteiger partial charge on any atom is -0.396 e. The van der Waals surface area contributed by atoms with E-state index in [1.807, 2.05) is 4.90 Å². The van der Waals surface area contributed by atoms with Gasteiger partial charge < -0.3 is 10.0 Å². The fourth-order valence-corrected chi connectivity index (χ4v) is 1.78. The molecule has 0 unspecified atom stereocenters. The number of halogens is 3. The molecule has 1 aliphatic heterocycles. The predicted octanol–water partition coefficient (Wildman–Crippen LogP) is 1.64. The number of aliphatic hydroxyl groups excluding tert-OH is 1. The smallest absolute Gasteiger partial charge is 0.391 e. The predicted molar refractivity (Wildman–Crippen MR) is 46.9 cm³/mol. The molecule has 1 fully saturated rings. The summed E-state index contributed by atoms with van der Waals surface area (Å²) in [7, 11) is 0. The van der Waals surface area contributed by atoms with Gasteiger partial charge in [0.1, 0.15) is 0 Å². The van der Waals surface area contributed by atoms with Crippen molar-refractivity contribution in [3.8, 4) is 0 Å². The molecule has 1 heterocycles. The van der Waals surface area contributed by atoms with Gasteiger partial charge in [-0.05, 0) is 32.4 Å². The molecular weight excluding hydrogens is 195 g/mol. The van der Waals surface area contributed by atoms with Crippen LogP contribution in [0.1, 0.15) is 19.3 Å². The molecule has 84 valence electrons. The van der Waals surface area contributed by atoms with Crippen LogP contribution in [0.3, 0.4) is 0 Å². The monoisotopic (exact) mass is 211 g/mol. The van der Waals surface area contributed by atoms with Gasteiger partial charge in [-0.1, -0.05) is 0 Å². The van der Waals surface area contributed by atoms with E-state index in [1.165, 1.54) is 0 Å². The maximum atomic E-state index is 12.3. The topological polar surface area (TPSA) is 23.5 Å². The summed E-state index contributed by atoms with van der Waals surface area (Å²) in [5, 5.41) is 8.57. The second-order valence-corrected chi connectivity index (χ2v) is 3.73. The van der Waals surface area contributed by atoms with Gasteiger partial charge in [-0.15, -0.1) is 0 Å². The van der Waals surface area contributed by atoms with E-state index in [4.69, 9.17) is 5.11 Å². The van der Waals surface area contributed by atoms with E-state index in [0.717, 1.165) is 0 Å². The van der Waals surface area contributed by atoms with Crippen molar-refractivity contribution in [2.75, 3.05) is 26.2 Å². The summed E-state index contributed by atoms with van der Waals surface area (Å²) in [4.78, 5) is 1.98. The largest absolute Gasteiger partial charge is 0.396 e. The Morgan fingerprint density at radius 3 is 2.21 bits per heavy atom. The van der Waals surface area contributed by atoms with Crippen molar-refractivity contribution in [3.05, 3.63) is 0 Å². The average Bonchev–Trinajstić information content (AvgIpc) is 2.14. The van der Waals surface area contributed by atoms with E-state index in [-0.39, 0.29) is 19.4 Å². The number of hydrogen-bond donors (Lipinski definition) is 1. The van der Waals surface area contributed by atoms with Crippen LogP contribution in [0, 0.1) is 5.92 Å². The number of alkyl halides is 3. The van der Waals surface area contributed by atoms with Crippen LogP contribution in [0.15, 0.2) is 0 Å². The zero-order valence-corrected chi connectivity index (χ0v) is 8.06. The standard InChI is InChI=1S/C9H16F3NO/c10-9(11,12)8-2-5-13(6-3-8)4-1-7-14/h8,14H,1-7H2.